The van der Waals surface area contributed by atoms with E-state index in [9.17, 15) is 4.79 Å². The van der Waals surface area contributed by atoms with Crippen molar-refractivity contribution in [1.29, 1.82) is 0 Å². The smallest absolute Gasteiger partial charge is 0.150 e. The van der Waals surface area contributed by atoms with E-state index in [1.54, 1.807) is 0 Å². The molecule has 2 rings (SSSR count). The summed E-state index contributed by atoms with van der Waals surface area (Å²) in [6.07, 6.45) is 14.2. The van der Waals surface area contributed by atoms with Gasteiger partial charge in [-0.15, -0.1) is 0 Å². The number of hydrogen-bond acceptors (Lipinski definition) is 1. The van der Waals surface area contributed by atoms with Crippen molar-refractivity contribution >= 4 is 6.29 Å². The lowest BCUT2D eigenvalue weighted by Crippen LogP contribution is -1.93. The molecule has 0 bridgehead atoms. The van der Waals surface area contributed by atoms with Gasteiger partial charge in [0.25, 0.3) is 0 Å². The monoisotopic (exact) mass is 172 g/mol. The van der Waals surface area contributed by atoms with Gasteiger partial charge in [-0.2, -0.15) is 0 Å². The summed E-state index contributed by atoms with van der Waals surface area (Å²) in [5, 5.41) is 0. The number of carbonyl (C=O) groups excluding carboxylic acids is 1. The summed E-state index contributed by atoms with van der Waals surface area (Å²) in [5.74, 6) is 0. The second-order valence-electron chi connectivity index (χ2n) is 3.34. The quantitative estimate of drug-likeness (QED) is 0.355. The number of allylic oxidation sites excluding steroid dienone is 8. The van der Waals surface area contributed by atoms with Gasteiger partial charge in [-0.1, -0.05) is 36.0 Å². The van der Waals surface area contributed by atoms with Crippen molar-refractivity contribution in [2.24, 2.45) is 0 Å². The van der Waals surface area contributed by atoms with Crippen molar-refractivity contribution < 1.29 is 4.79 Å². The van der Waals surface area contributed by atoms with Crippen LogP contribution in [0, 0.1) is 0 Å². The van der Waals surface area contributed by atoms with Crippen molar-refractivity contribution in [1.82, 2.24) is 0 Å². The molecule has 0 aromatic carbocycles. The zero-order valence-electron chi connectivity index (χ0n) is 7.49. The number of carbonyl (C=O) groups is 1. The van der Waals surface area contributed by atoms with Crippen LogP contribution in [-0.4, -0.2) is 6.29 Å². The molecule has 0 aromatic heterocycles. The Morgan fingerprint density at radius 1 is 1.15 bits per heavy atom. The van der Waals surface area contributed by atoms with Crippen LogP contribution in [0.3, 0.4) is 0 Å². The summed E-state index contributed by atoms with van der Waals surface area (Å²) in [6, 6.07) is 0. The van der Waals surface area contributed by atoms with Gasteiger partial charge in [-0.25, -0.2) is 0 Å². The van der Waals surface area contributed by atoms with Crippen LogP contribution in [0.1, 0.15) is 19.3 Å². The number of hydrogen-bond donors (Lipinski definition) is 0. The Morgan fingerprint density at radius 2 is 1.92 bits per heavy atom. The highest BCUT2D eigenvalue weighted by atomic mass is 16.1. The molecule has 0 radical (unpaired) electrons. The van der Waals surface area contributed by atoms with Gasteiger partial charge in [0.15, 0.2) is 0 Å². The average molecular weight is 172 g/mol. The van der Waals surface area contributed by atoms with Gasteiger partial charge in [0.2, 0.25) is 0 Å². The van der Waals surface area contributed by atoms with E-state index in [1.165, 1.54) is 11.1 Å². The van der Waals surface area contributed by atoms with E-state index in [1.807, 2.05) is 12.2 Å². The molecule has 2 aliphatic rings. The van der Waals surface area contributed by atoms with Crippen molar-refractivity contribution in [3.05, 3.63) is 47.1 Å². The molecular weight excluding hydrogens is 160 g/mol. The molecule has 0 aliphatic heterocycles. The van der Waals surface area contributed by atoms with Crippen LogP contribution in [0.2, 0.25) is 0 Å². The van der Waals surface area contributed by atoms with Crippen molar-refractivity contribution in [2.75, 3.05) is 0 Å². The molecule has 0 spiro atoms. The summed E-state index contributed by atoms with van der Waals surface area (Å²) in [4.78, 5) is 10.9. The summed E-state index contributed by atoms with van der Waals surface area (Å²) in [7, 11) is 0. The fraction of sp³-hybridized carbons (Fsp3) is 0.250. The molecular formula is C12H12O. The lowest BCUT2D eigenvalue weighted by molar-refractivity contribution is -0.104. The predicted molar refractivity (Wildman–Crippen MR) is 53.3 cm³/mol. The SMILES string of the molecule is O=CC(C1=CC=CC1)=C1CC=CC1. The maximum absolute atomic E-state index is 10.9. The molecule has 0 unspecified atom stereocenters. The van der Waals surface area contributed by atoms with Crippen molar-refractivity contribution in [2.45, 2.75) is 19.3 Å². The first-order chi connectivity index (χ1) is 6.42. The molecule has 1 nitrogen and oxygen atoms in total. The molecule has 0 atom stereocenters. The predicted octanol–water partition coefficient (Wildman–Crippen LogP) is 2.72. The first-order valence-corrected chi connectivity index (χ1v) is 4.60. The molecule has 0 aromatic rings. The van der Waals surface area contributed by atoms with Gasteiger partial charge in [0, 0.05) is 5.57 Å². The van der Waals surface area contributed by atoms with Crippen molar-refractivity contribution in [3.63, 3.8) is 0 Å². The normalized spacial score (nSPS) is 19.4. The summed E-state index contributed by atoms with van der Waals surface area (Å²) in [6.45, 7) is 0. The summed E-state index contributed by atoms with van der Waals surface area (Å²) >= 11 is 0. The second-order valence-corrected chi connectivity index (χ2v) is 3.34. The lowest BCUT2D eigenvalue weighted by atomic mass is 9.99. The molecule has 0 fully saturated rings. The minimum Gasteiger partial charge on any atom is -0.298 e. The molecule has 0 N–H and O–H groups in total. The summed E-state index contributed by atoms with van der Waals surface area (Å²) in [5.41, 5.74) is 3.37. The Labute approximate surface area is 78.1 Å². The average Bonchev–Trinajstić information content (AvgIpc) is 2.76. The summed E-state index contributed by atoms with van der Waals surface area (Å²) < 4.78 is 0. The van der Waals surface area contributed by atoms with Gasteiger partial charge >= 0.3 is 0 Å². The van der Waals surface area contributed by atoms with Gasteiger partial charge in [0.05, 0.1) is 0 Å². The highest BCUT2D eigenvalue weighted by Crippen LogP contribution is 2.27. The first kappa shape index (κ1) is 8.24. The molecule has 0 heterocycles. The maximum atomic E-state index is 10.9. The van der Waals surface area contributed by atoms with Crippen LogP contribution >= 0.6 is 0 Å². The van der Waals surface area contributed by atoms with E-state index in [-0.39, 0.29) is 0 Å². The third-order valence-electron chi connectivity index (χ3n) is 2.51. The highest BCUT2D eigenvalue weighted by molar-refractivity contribution is 5.82. The van der Waals surface area contributed by atoms with Gasteiger partial charge in [-0.3, -0.25) is 4.79 Å². The van der Waals surface area contributed by atoms with Gasteiger partial charge in [-0.05, 0) is 24.8 Å². The zero-order valence-corrected chi connectivity index (χ0v) is 7.49. The van der Waals surface area contributed by atoms with E-state index in [2.05, 4.69) is 18.2 Å². The Bertz CT molecular complexity index is 330. The van der Waals surface area contributed by atoms with Crippen LogP contribution in [0.25, 0.3) is 0 Å². The largest absolute Gasteiger partial charge is 0.298 e. The maximum Gasteiger partial charge on any atom is 0.150 e. The van der Waals surface area contributed by atoms with Crippen LogP contribution in [0.15, 0.2) is 47.1 Å². The second kappa shape index (κ2) is 3.56. The fourth-order valence-electron chi connectivity index (χ4n) is 1.79. The molecule has 0 saturated carbocycles. The van der Waals surface area contributed by atoms with E-state index >= 15 is 0 Å². The zero-order chi connectivity index (χ0) is 9.10. The minimum absolute atomic E-state index is 0.914. The molecule has 1 heteroatoms. The molecule has 0 amide bonds. The molecule has 66 valence electrons. The van der Waals surface area contributed by atoms with E-state index in [4.69, 9.17) is 0 Å². The van der Waals surface area contributed by atoms with Crippen molar-refractivity contribution in [3.8, 4) is 0 Å². The van der Waals surface area contributed by atoms with E-state index < -0.39 is 0 Å². The van der Waals surface area contributed by atoms with Crippen LogP contribution in [0.5, 0.6) is 0 Å². The van der Waals surface area contributed by atoms with E-state index in [0.29, 0.717) is 0 Å². The molecule has 0 saturated heterocycles. The third kappa shape index (κ3) is 1.55. The number of rotatable bonds is 2. The van der Waals surface area contributed by atoms with Crippen LogP contribution in [0.4, 0.5) is 0 Å². The van der Waals surface area contributed by atoms with Gasteiger partial charge < -0.3 is 0 Å². The molecule has 2 aliphatic carbocycles. The Balaban J connectivity index is 2.27. The van der Waals surface area contributed by atoms with Gasteiger partial charge in [0.1, 0.15) is 6.29 Å². The minimum atomic E-state index is 0.914. The van der Waals surface area contributed by atoms with Crippen LogP contribution < -0.4 is 0 Å². The Kier molecular flexibility index (Phi) is 2.26. The highest BCUT2D eigenvalue weighted by Gasteiger charge is 2.12. The Morgan fingerprint density at radius 3 is 2.46 bits per heavy atom. The molecule has 13 heavy (non-hydrogen) atoms. The number of aldehydes is 1. The lowest BCUT2D eigenvalue weighted by Gasteiger charge is -2.05. The Hall–Kier alpha value is -1.37. The van der Waals surface area contributed by atoms with Crippen LogP contribution in [-0.2, 0) is 4.79 Å². The standard InChI is InChI=1S/C12H12O/c13-9-12(10-5-1-2-6-10)11-7-3-4-8-11/h1-5,9H,6-8H2. The first-order valence-electron chi connectivity index (χ1n) is 4.60. The van der Waals surface area contributed by atoms with E-state index in [0.717, 1.165) is 31.1 Å². The fourth-order valence-corrected chi connectivity index (χ4v) is 1.79. The third-order valence-corrected chi connectivity index (χ3v) is 2.51. The topological polar surface area (TPSA) is 17.1 Å².